The van der Waals surface area contributed by atoms with E-state index in [0.717, 1.165) is 22.5 Å². The molecule has 0 amide bonds. The Labute approximate surface area is 116 Å². The van der Waals surface area contributed by atoms with Crippen molar-refractivity contribution < 1.29 is 9.90 Å². The molecule has 0 saturated carbocycles. The molecule has 0 fully saturated rings. The standard InChI is InChI=1S/C14H16N2O2S/c1-7-5-19-6-11(7)13-15-9(3)12(10(4)16-13)8(2)14(17)18/h5-6,8H,1-4H3,(H,17,18). The minimum absolute atomic E-state index is 0.586. The summed E-state index contributed by atoms with van der Waals surface area (Å²) >= 11 is 1.61. The van der Waals surface area contributed by atoms with Gasteiger partial charge in [0.05, 0.1) is 5.92 Å². The van der Waals surface area contributed by atoms with Crippen molar-refractivity contribution in [1.82, 2.24) is 9.97 Å². The number of hydrogen-bond acceptors (Lipinski definition) is 4. The van der Waals surface area contributed by atoms with E-state index >= 15 is 0 Å². The molecule has 5 heteroatoms. The Hall–Kier alpha value is -1.75. The van der Waals surface area contributed by atoms with Crippen LogP contribution in [0.25, 0.3) is 11.4 Å². The third kappa shape index (κ3) is 2.51. The lowest BCUT2D eigenvalue weighted by atomic mass is 9.98. The highest BCUT2D eigenvalue weighted by atomic mass is 32.1. The Balaban J connectivity index is 2.54. The molecule has 0 spiro atoms. The second kappa shape index (κ2) is 5.09. The second-order valence-electron chi connectivity index (χ2n) is 4.66. The van der Waals surface area contributed by atoms with Gasteiger partial charge in [0.15, 0.2) is 5.82 Å². The number of carboxylic acid groups (broad SMARTS) is 1. The number of nitrogens with zero attached hydrogens (tertiary/aromatic N) is 2. The van der Waals surface area contributed by atoms with Gasteiger partial charge in [0.25, 0.3) is 0 Å². The van der Waals surface area contributed by atoms with Crippen LogP contribution in [-0.4, -0.2) is 21.0 Å². The number of thiophene rings is 1. The van der Waals surface area contributed by atoms with Crippen LogP contribution in [0.1, 0.15) is 35.4 Å². The Kier molecular flexibility index (Phi) is 3.66. The highest BCUT2D eigenvalue weighted by Gasteiger charge is 2.21. The van der Waals surface area contributed by atoms with Crippen LogP contribution in [0, 0.1) is 20.8 Å². The average molecular weight is 276 g/mol. The molecule has 2 aromatic rings. The summed E-state index contributed by atoms with van der Waals surface area (Å²) < 4.78 is 0. The van der Waals surface area contributed by atoms with Crippen LogP contribution in [0.5, 0.6) is 0 Å². The van der Waals surface area contributed by atoms with Gasteiger partial charge >= 0.3 is 5.97 Å². The topological polar surface area (TPSA) is 63.1 Å². The van der Waals surface area contributed by atoms with Gasteiger partial charge in [0.2, 0.25) is 0 Å². The van der Waals surface area contributed by atoms with E-state index in [1.165, 1.54) is 0 Å². The maximum absolute atomic E-state index is 11.1. The number of aryl methyl sites for hydroxylation is 3. The molecule has 2 heterocycles. The van der Waals surface area contributed by atoms with Gasteiger partial charge in [-0.3, -0.25) is 4.79 Å². The average Bonchev–Trinajstić information content (AvgIpc) is 2.74. The molecule has 2 rings (SSSR count). The van der Waals surface area contributed by atoms with Crippen molar-refractivity contribution in [1.29, 1.82) is 0 Å². The van der Waals surface area contributed by atoms with Gasteiger partial charge in [0.1, 0.15) is 0 Å². The quantitative estimate of drug-likeness (QED) is 0.934. The van der Waals surface area contributed by atoms with E-state index in [9.17, 15) is 4.79 Å². The van der Waals surface area contributed by atoms with E-state index in [1.807, 2.05) is 26.2 Å². The fraction of sp³-hybridized carbons (Fsp3) is 0.357. The number of rotatable bonds is 3. The molecular formula is C14H16N2O2S. The first-order valence-electron chi connectivity index (χ1n) is 6.03. The van der Waals surface area contributed by atoms with Gasteiger partial charge in [-0.05, 0) is 38.6 Å². The van der Waals surface area contributed by atoms with Gasteiger partial charge in [0, 0.05) is 27.9 Å². The smallest absolute Gasteiger partial charge is 0.310 e. The van der Waals surface area contributed by atoms with Crippen molar-refractivity contribution in [3.05, 3.63) is 33.3 Å². The molecule has 0 aliphatic rings. The zero-order chi connectivity index (χ0) is 14.2. The third-order valence-corrected chi connectivity index (χ3v) is 4.09. The SMILES string of the molecule is Cc1cscc1-c1nc(C)c(C(C)C(=O)O)c(C)n1. The highest BCUT2D eigenvalue weighted by molar-refractivity contribution is 7.08. The van der Waals surface area contributed by atoms with Crippen LogP contribution in [0.3, 0.4) is 0 Å². The summed E-state index contributed by atoms with van der Waals surface area (Å²) in [6.07, 6.45) is 0. The molecule has 0 aliphatic carbocycles. The van der Waals surface area contributed by atoms with E-state index in [2.05, 4.69) is 15.3 Å². The minimum Gasteiger partial charge on any atom is -0.481 e. The summed E-state index contributed by atoms with van der Waals surface area (Å²) in [4.78, 5) is 20.1. The lowest BCUT2D eigenvalue weighted by Crippen LogP contribution is -2.13. The molecule has 1 unspecified atom stereocenters. The predicted octanol–water partition coefficient (Wildman–Crippen LogP) is 3.32. The maximum Gasteiger partial charge on any atom is 0.310 e. The summed E-state index contributed by atoms with van der Waals surface area (Å²) in [5.41, 5.74) is 4.35. The van der Waals surface area contributed by atoms with Gasteiger partial charge in [-0.2, -0.15) is 11.3 Å². The molecule has 4 nitrogen and oxygen atoms in total. The minimum atomic E-state index is -0.853. The van der Waals surface area contributed by atoms with Gasteiger partial charge in [-0.25, -0.2) is 9.97 Å². The molecule has 19 heavy (non-hydrogen) atoms. The molecule has 2 aromatic heterocycles. The highest BCUT2D eigenvalue weighted by Crippen LogP contribution is 2.28. The van der Waals surface area contributed by atoms with Crippen molar-refractivity contribution in [3.8, 4) is 11.4 Å². The van der Waals surface area contributed by atoms with E-state index in [0.29, 0.717) is 11.4 Å². The van der Waals surface area contributed by atoms with Crippen LogP contribution in [0.2, 0.25) is 0 Å². The second-order valence-corrected chi connectivity index (χ2v) is 5.40. The Bertz CT molecular complexity index is 611. The van der Waals surface area contributed by atoms with Crippen molar-refractivity contribution in [2.45, 2.75) is 33.6 Å². The number of carbonyl (C=O) groups is 1. The fourth-order valence-electron chi connectivity index (χ4n) is 2.19. The van der Waals surface area contributed by atoms with Gasteiger partial charge < -0.3 is 5.11 Å². The fourth-order valence-corrected chi connectivity index (χ4v) is 3.01. The summed E-state index contributed by atoms with van der Waals surface area (Å²) in [5.74, 6) is -0.762. The van der Waals surface area contributed by atoms with Crippen molar-refractivity contribution in [2.24, 2.45) is 0 Å². The zero-order valence-electron chi connectivity index (χ0n) is 11.4. The van der Waals surface area contributed by atoms with Crippen molar-refractivity contribution in [3.63, 3.8) is 0 Å². The number of carboxylic acids is 1. The van der Waals surface area contributed by atoms with Crippen LogP contribution >= 0.6 is 11.3 Å². The Morgan fingerprint density at radius 3 is 2.21 bits per heavy atom. The summed E-state index contributed by atoms with van der Waals surface area (Å²) in [6.45, 7) is 7.37. The zero-order valence-corrected chi connectivity index (χ0v) is 12.2. The third-order valence-electron chi connectivity index (χ3n) is 3.23. The van der Waals surface area contributed by atoms with Crippen LogP contribution in [-0.2, 0) is 4.79 Å². The molecule has 100 valence electrons. The first kappa shape index (κ1) is 13.7. The first-order valence-corrected chi connectivity index (χ1v) is 6.97. The molecule has 0 bridgehead atoms. The lowest BCUT2D eigenvalue weighted by molar-refractivity contribution is -0.138. The number of aromatic nitrogens is 2. The van der Waals surface area contributed by atoms with Gasteiger partial charge in [-0.15, -0.1) is 0 Å². The van der Waals surface area contributed by atoms with Crippen LogP contribution in [0.15, 0.2) is 10.8 Å². The predicted molar refractivity (Wildman–Crippen MR) is 75.6 cm³/mol. The molecular weight excluding hydrogens is 260 g/mol. The summed E-state index contributed by atoms with van der Waals surface area (Å²) in [6, 6.07) is 0. The lowest BCUT2D eigenvalue weighted by Gasteiger charge is -2.14. The molecule has 1 N–H and O–H groups in total. The largest absolute Gasteiger partial charge is 0.481 e. The van der Waals surface area contributed by atoms with Crippen molar-refractivity contribution in [2.75, 3.05) is 0 Å². The summed E-state index contributed by atoms with van der Waals surface area (Å²) in [7, 11) is 0. The molecule has 0 saturated heterocycles. The number of hydrogen-bond donors (Lipinski definition) is 1. The first-order chi connectivity index (χ1) is 8.91. The van der Waals surface area contributed by atoms with E-state index in [4.69, 9.17) is 5.11 Å². The summed E-state index contributed by atoms with van der Waals surface area (Å²) in [5, 5.41) is 13.2. The molecule has 0 aromatic carbocycles. The maximum atomic E-state index is 11.1. The monoisotopic (exact) mass is 276 g/mol. The molecule has 1 atom stereocenters. The van der Waals surface area contributed by atoms with Crippen molar-refractivity contribution >= 4 is 17.3 Å². The van der Waals surface area contributed by atoms with E-state index < -0.39 is 11.9 Å². The van der Waals surface area contributed by atoms with Crippen LogP contribution in [0.4, 0.5) is 0 Å². The van der Waals surface area contributed by atoms with E-state index in [-0.39, 0.29) is 0 Å². The number of aliphatic carboxylic acids is 1. The molecule has 0 aliphatic heterocycles. The Morgan fingerprint density at radius 2 is 1.79 bits per heavy atom. The van der Waals surface area contributed by atoms with Gasteiger partial charge in [-0.1, -0.05) is 0 Å². The Morgan fingerprint density at radius 1 is 1.21 bits per heavy atom. The normalized spacial score (nSPS) is 12.4. The molecule has 0 radical (unpaired) electrons. The van der Waals surface area contributed by atoms with Crippen LogP contribution < -0.4 is 0 Å². The van der Waals surface area contributed by atoms with E-state index in [1.54, 1.807) is 18.3 Å².